The average Bonchev–Trinajstić information content (AvgIpc) is 2.39. The quantitative estimate of drug-likeness (QED) is 0.807. The maximum Gasteiger partial charge on any atom is 0.420 e. The first-order chi connectivity index (χ1) is 8.82. The van der Waals surface area contributed by atoms with Crippen LogP contribution in [-0.2, 0) is 0 Å². The molecule has 0 aromatic rings. The van der Waals surface area contributed by atoms with Crippen LogP contribution in [-0.4, -0.2) is 48.0 Å². The zero-order chi connectivity index (χ0) is 14.1. The van der Waals surface area contributed by atoms with Crippen molar-refractivity contribution in [1.82, 2.24) is 10.2 Å². The molecule has 1 aliphatic heterocycles. The second-order valence-corrected chi connectivity index (χ2v) is 5.16. The zero-order valence-corrected chi connectivity index (χ0v) is 10.9. The topological polar surface area (TPSA) is 35.5 Å². The SMILES string of the molecule is CC(O)(C1=CC=C(N2CCNCC2)CC1)C(F)(F)F. The smallest absolute Gasteiger partial charge is 0.377 e. The molecule has 1 fully saturated rings. The van der Waals surface area contributed by atoms with Gasteiger partial charge in [-0.2, -0.15) is 13.2 Å². The molecule has 0 amide bonds. The van der Waals surface area contributed by atoms with E-state index < -0.39 is 11.8 Å². The van der Waals surface area contributed by atoms with Gasteiger partial charge in [-0.1, -0.05) is 6.08 Å². The van der Waals surface area contributed by atoms with Gasteiger partial charge >= 0.3 is 6.18 Å². The Labute approximate surface area is 110 Å². The second kappa shape index (κ2) is 5.17. The van der Waals surface area contributed by atoms with Crippen molar-refractivity contribution in [2.45, 2.75) is 31.5 Å². The predicted octanol–water partition coefficient (Wildman–Crippen LogP) is 1.81. The number of halogens is 3. The molecule has 2 aliphatic rings. The Balaban J connectivity index is 2.11. The highest BCUT2D eigenvalue weighted by molar-refractivity contribution is 5.30. The van der Waals surface area contributed by atoms with Crippen LogP contribution >= 0.6 is 0 Å². The van der Waals surface area contributed by atoms with Crippen molar-refractivity contribution in [2.24, 2.45) is 0 Å². The normalized spacial score (nSPS) is 24.6. The Morgan fingerprint density at radius 1 is 1.16 bits per heavy atom. The summed E-state index contributed by atoms with van der Waals surface area (Å²) in [6, 6.07) is 0. The Bertz CT molecular complexity index is 393. The van der Waals surface area contributed by atoms with Crippen molar-refractivity contribution >= 4 is 0 Å². The lowest BCUT2D eigenvalue weighted by Gasteiger charge is -2.35. The Morgan fingerprint density at radius 2 is 1.79 bits per heavy atom. The van der Waals surface area contributed by atoms with Crippen molar-refractivity contribution in [2.75, 3.05) is 26.2 Å². The molecular formula is C13H19F3N2O. The minimum absolute atomic E-state index is 0.0406. The summed E-state index contributed by atoms with van der Waals surface area (Å²) in [7, 11) is 0. The van der Waals surface area contributed by atoms with Gasteiger partial charge in [0.15, 0.2) is 5.60 Å². The number of rotatable bonds is 2. The lowest BCUT2D eigenvalue weighted by molar-refractivity contribution is -0.237. The third-order valence-electron chi connectivity index (χ3n) is 3.83. The van der Waals surface area contributed by atoms with E-state index in [4.69, 9.17) is 0 Å². The second-order valence-electron chi connectivity index (χ2n) is 5.16. The maximum atomic E-state index is 12.7. The predicted molar refractivity (Wildman–Crippen MR) is 66.5 cm³/mol. The summed E-state index contributed by atoms with van der Waals surface area (Å²) in [5.74, 6) is 0. The summed E-state index contributed by atoms with van der Waals surface area (Å²) < 4.78 is 38.2. The summed E-state index contributed by atoms with van der Waals surface area (Å²) in [6.07, 6.45) is -0.682. The minimum atomic E-state index is -4.63. The molecule has 0 spiro atoms. The van der Waals surface area contributed by atoms with Crippen LogP contribution in [0.4, 0.5) is 13.2 Å². The molecule has 0 saturated carbocycles. The fourth-order valence-electron chi connectivity index (χ4n) is 2.43. The molecule has 0 aromatic carbocycles. The first kappa shape index (κ1) is 14.4. The number of nitrogens with one attached hydrogen (secondary N) is 1. The number of allylic oxidation sites excluding steroid dienone is 3. The van der Waals surface area contributed by atoms with Gasteiger partial charge in [0.1, 0.15) is 0 Å². The van der Waals surface area contributed by atoms with E-state index in [1.165, 1.54) is 6.08 Å². The first-order valence-electron chi connectivity index (χ1n) is 6.47. The van der Waals surface area contributed by atoms with Gasteiger partial charge < -0.3 is 15.3 Å². The van der Waals surface area contributed by atoms with Gasteiger partial charge in [0.2, 0.25) is 0 Å². The number of hydrogen-bond acceptors (Lipinski definition) is 3. The largest absolute Gasteiger partial charge is 0.420 e. The maximum absolute atomic E-state index is 12.7. The number of alkyl halides is 3. The van der Waals surface area contributed by atoms with Crippen LogP contribution < -0.4 is 5.32 Å². The van der Waals surface area contributed by atoms with Crippen molar-refractivity contribution in [1.29, 1.82) is 0 Å². The molecule has 0 aromatic heterocycles. The van der Waals surface area contributed by atoms with E-state index in [9.17, 15) is 18.3 Å². The third-order valence-corrected chi connectivity index (χ3v) is 3.83. The molecule has 2 N–H and O–H groups in total. The van der Waals surface area contributed by atoms with Gasteiger partial charge in [-0.15, -0.1) is 0 Å². The molecule has 108 valence electrons. The standard InChI is InChI=1S/C13H19F3N2O/c1-12(19,13(14,15)16)10-2-4-11(5-3-10)18-8-6-17-7-9-18/h2,4,17,19H,3,5-9H2,1H3. The highest BCUT2D eigenvalue weighted by Gasteiger charge is 2.52. The number of hydrogen-bond donors (Lipinski definition) is 2. The van der Waals surface area contributed by atoms with Crippen LogP contribution in [0.25, 0.3) is 0 Å². The van der Waals surface area contributed by atoms with Crippen molar-refractivity contribution in [3.05, 3.63) is 23.4 Å². The van der Waals surface area contributed by atoms with Crippen LogP contribution in [0.15, 0.2) is 23.4 Å². The Kier molecular flexibility index (Phi) is 3.92. The summed E-state index contributed by atoms with van der Waals surface area (Å²) >= 11 is 0. The fourth-order valence-corrected chi connectivity index (χ4v) is 2.43. The van der Waals surface area contributed by atoms with Crippen LogP contribution in [0.1, 0.15) is 19.8 Å². The molecule has 1 unspecified atom stereocenters. The molecule has 6 heteroatoms. The molecule has 2 rings (SSSR count). The number of piperazine rings is 1. The molecule has 1 aliphatic carbocycles. The van der Waals surface area contributed by atoms with Gasteiger partial charge in [0.25, 0.3) is 0 Å². The molecule has 3 nitrogen and oxygen atoms in total. The van der Waals surface area contributed by atoms with Crippen LogP contribution in [0.3, 0.4) is 0 Å². The van der Waals surface area contributed by atoms with Crippen LogP contribution in [0.2, 0.25) is 0 Å². The van der Waals surface area contributed by atoms with E-state index in [2.05, 4.69) is 10.2 Å². The van der Waals surface area contributed by atoms with E-state index >= 15 is 0 Å². The molecule has 19 heavy (non-hydrogen) atoms. The van der Waals surface area contributed by atoms with Gasteiger partial charge in [0, 0.05) is 31.9 Å². The van der Waals surface area contributed by atoms with E-state index in [1.807, 2.05) is 0 Å². The third kappa shape index (κ3) is 2.95. The minimum Gasteiger partial charge on any atom is -0.377 e. The zero-order valence-electron chi connectivity index (χ0n) is 10.9. The first-order valence-corrected chi connectivity index (χ1v) is 6.47. The lowest BCUT2D eigenvalue weighted by atomic mass is 9.87. The van der Waals surface area contributed by atoms with Crippen molar-refractivity contribution in [3.8, 4) is 0 Å². The van der Waals surface area contributed by atoms with Gasteiger partial charge in [-0.05, 0) is 31.4 Å². The van der Waals surface area contributed by atoms with Gasteiger partial charge in [-0.3, -0.25) is 0 Å². The van der Waals surface area contributed by atoms with Crippen LogP contribution in [0, 0.1) is 0 Å². The van der Waals surface area contributed by atoms with Gasteiger partial charge in [-0.25, -0.2) is 0 Å². The molecule has 0 bridgehead atoms. The average molecular weight is 276 g/mol. The van der Waals surface area contributed by atoms with Gasteiger partial charge in [0.05, 0.1) is 0 Å². The molecule has 1 atom stereocenters. The monoisotopic (exact) mass is 276 g/mol. The number of aliphatic hydroxyl groups is 1. The highest BCUT2D eigenvalue weighted by atomic mass is 19.4. The molecule has 1 heterocycles. The molecular weight excluding hydrogens is 257 g/mol. The van der Waals surface area contributed by atoms with Crippen molar-refractivity contribution in [3.63, 3.8) is 0 Å². The summed E-state index contributed by atoms with van der Waals surface area (Å²) in [6.45, 7) is 4.38. The van der Waals surface area contributed by atoms with E-state index in [1.54, 1.807) is 6.08 Å². The summed E-state index contributed by atoms with van der Waals surface area (Å²) in [5.41, 5.74) is -1.62. The fraction of sp³-hybridized carbons (Fsp3) is 0.692. The number of nitrogens with zero attached hydrogens (tertiary/aromatic N) is 1. The van der Waals surface area contributed by atoms with Crippen molar-refractivity contribution < 1.29 is 18.3 Å². The lowest BCUT2D eigenvalue weighted by Crippen LogP contribution is -2.45. The van der Waals surface area contributed by atoms with Crippen LogP contribution in [0.5, 0.6) is 0 Å². The highest BCUT2D eigenvalue weighted by Crippen LogP contribution is 2.39. The Hall–Kier alpha value is -1.01. The summed E-state index contributed by atoms with van der Waals surface area (Å²) in [4.78, 5) is 2.19. The molecule has 1 saturated heterocycles. The molecule has 0 radical (unpaired) electrons. The summed E-state index contributed by atoms with van der Waals surface area (Å²) in [5, 5.41) is 12.9. The van der Waals surface area contributed by atoms with E-state index in [0.29, 0.717) is 6.42 Å². The van der Waals surface area contributed by atoms with E-state index in [-0.39, 0.29) is 12.0 Å². The van der Waals surface area contributed by atoms with E-state index in [0.717, 1.165) is 38.8 Å². The Morgan fingerprint density at radius 3 is 2.26 bits per heavy atom.